The van der Waals surface area contributed by atoms with Gasteiger partial charge in [0.1, 0.15) is 0 Å². The zero-order valence-electron chi connectivity index (χ0n) is 16.4. The molecule has 0 saturated heterocycles. The van der Waals surface area contributed by atoms with Crippen molar-refractivity contribution < 1.29 is 32.2 Å². The van der Waals surface area contributed by atoms with E-state index in [1.54, 1.807) is 24.3 Å². The lowest BCUT2D eigenvalue weighted by Crippen LogP contribution is -2.34. The summed E-state index contributed by atoms with van der Waals surface area (Å²) in [7, 11) is 0. The highest BCUT2D eigenvalue weighted by Crippen LogP contribution is 2.41. The molecule has 1 aromatic heterocycles. The van der Waals surface area contributed by atoms with Crippen LogP contribution in [0.4, 0.5) is 13.2 Å². The lowest BCUT2D eigenvalue weighted by atomic mass is 9.82. The van der Waals surface area contributed by atoms with Crippen LogP contribution in [-0.2, 0) is 9.53 Å². The van der Waals surface area contributed by atoms with Gasteiger partial charge < -0.3 is 14.8 Å². The molecule has 1 amide bonds. The van der Waals surface area contributed by atoms with Crippen molar-refractivity contribution in [3.8, 4) is 0 Å². The van der Waals surface area contributed by atoms with Gasteiger partial charge in [0.25, 0.3) is 0 Å². The van der Waals surface area contributed by atoms with E-state index >= 15 is 0 Å². The van der Waals surface area contributed by atoms with E-state index < -0.39 is 18.6 Å². The number of nitrogens with zero attached hydrogens (tertiary/aromatic N) is 2. The van der Waals surface area contributed by atoms with E-state index in [9.17, 15) is 23.1 Å². The Morgan fingerprint density at radius 3 is 2.65 bits per heavy atom. The highest BCUT2D eigenvalue weighted by molar-refractivity contribution is 6.30. The van der Waals surface area contributed by atoms with Gasteiger partial charge in [-0.3, -0.25) is 9.53 Å². The number of amides is 1. The summed E-state index contributed by atoms with van der Waals surface area (Å²) >= 11 is 5.80. The quantitative estimate of drug-likeness (QED) is 0.584. The first kappa shape index (κ1) is 23.2. The van der Waals surface area contributed by atoms with Crippen molar-refractivity contribution in [1.82, 2.24) is 15.5 Å². The molecule has 1 saturated carbocycles. The largest absolute Gasteiger partial charge is 0.522 e. The van der Waals surface area contributed by atoms with Gasteiger partial charge in [-0.1, -0.05) is 30.3 Å². The zero-order chi connectivity index (χ0) is 22.6. The summed E-state index contributed by atoms with van der Waals surface area (Å²) in [6, 6.07) is 6.56. The van der Waals surface area contributed by atoms with Gasteiger partial charge in [0, 0.05) is 23.1 Å². The third-order valence-electron chi connectivity index (χ3n) is 4.87. The summed E-state index contributed by atoms with van der Waals surface area (Å²) in [6.07, 6.45) is -5.98. The van der Waals surface area contributed by atoms with E-state index in [1.165, 1.54) is 0 Å². The Labute approximate surface area is 181 Å². The van der Waals surface area contributed by atoms with Gasteiger partial charge in [-0.15, -0.1) is 23.4 Å². The number of aromatic nitrogens is 2. The molecular formula is C20H21ClF3N3O4. The molecule has 2 N–H and O–H groups in total. The summed E-state index contributed by atoms with van der Waals surface area (Å²) in [5.41, 5.74) is 1.07. The number of halogens is 4. The Kier molecular flexibility index (Phi) is 7.34. The van der Waals surface area contributed by atoms with Crippen LogP contribution in [0.15, 0.2) is 35.3 Å². The molecule has 0 unspecified atom stereocenters. The number of aliphatic hydroxyl groups is 1. The fourth-order valence-electron chi connectivity index (χ4n) is 3.11. The zero-order valence-corrected chi connectivity index (χ0v) is 17.1. The van der Waals surface area contributed by atoms with Crippen LogP contribution in [0.3, 0.4) is 0 Å². The first-order valence-corrected chi connectivity index (χ1v) is 9.95. The summed E-state index contributed by atoms with van der Waals surface area (Å²) in [5, 5.41) is 21.1. The summed E-state index contributed by atoms with van der Waals surface area (Å²) in [6.45, 7) is 4.08. The monoisotopic (exact) mass is 459 g/mol. The van der Waals surface area contributed by atoms with Crippen molar-refractivity contribution >= 4 is 23.1 Å². The number of hydrogen-bond donors (Lipinski definition) is 2. The first-order valence-electron chi connectivity index (χ1n) is 9.57. The molecule has 1 fully saturated rings. The molecule has 0 spiro atoms. The third-order valence-corrected chi connectivity index (χ3v) is 5.12. The molecule has 0 radical (unpaired) electrons. The maximum absolute atomic E-state index is 12.2. The number of ether oxygens (including phenoxy) is 1. The maximum Gasteiger partial charge on any atom is 0.522 e. The number of alkyl halides is 3. The van der Waals surface area contributed by atoms with Crippen LogP contribution in [-0.4, -0.2) is 40.2 Å². The SMILES string of the molecule is C=C(CCNC(=O)C[C@H](O)c1ccc(Cl)cc1)c1nnc([C@H]2C[C@@H](OC(F)(F)F)C2)o1. The molecule has 168 valence electrons. The second-order valence-electron chi connectivity index (χ2n) is 7.27. The normalized spacial score (nSPS) is 19.5. The van der Waals surface area contributed by atoms with Crippen molar-refractivity contribution in [2.75, 3.05) is 6.54 Å². The van der Waals surface area contributed by atoms with E-state index in [0.29, 0.717) is 22.6 Å². The van der Waals surface area contributed by atoms with E-state index in [-0.39, 0.29) is 49.4 Å². The van der Waals surface area contributed by atoms with Crippen LogP contribution in [0.5, 0.6) is 0 Å². The molecule has 1 aliphatic rings. The van der Waals surface area contributed by atoms with Crippen LogP contribution in [0.25, 0.3) is 5.57 Å². The van der Waals surface area contributed by atoms with Crippen molar-refractivity contribution in [3.63, 3.8) is 0 Å². The molecule has 11 heteroatoms. The fraction of sp³-hybridized carbons (Fsp3) is 0.450. The van der Waals surface area contributed by atoms with Gasteiger partial charge in [-0.25, -0.2) is 0 Å². The maximum atomic E-state index is 12.2. The molecule has 3 rings (SSSR count). The number of rotatable bonds is 9. The second kappa shape index (κ2) is 9.80. The lowest BCUT2D eigenvalue weighted by molar-refractivity contribution is -0.352. The van der Waals surface area contributed by atoms with Crippen LogP contribution in [0.1, 0.15) is 55.1 Å². The van der Waals surface area contributed by atoms with Crippen LogP contribution < -0.4 is 5.32 Å². The molecule has 0 bridgehead atoms. The number of hydrogen-bond acceptors (Lipinski definition) is 6. The minimum atomic E-state index is -4.65. The Hall–Kier alpha value is -2.43. The standard InChI is InChI=1S/C20H21ClF3N3O4/c1-11(6-7-25-17(29)10-16(28)12-2-4-14(21)5-3-12)18-26-27-19(30-18)13-8-15(9-13)31-20(22,23)24/h2-5,13,15-16,28H,1,6-10H2,(H,25,29)/t13-,15+,16-/m0/s1. The molecule has 2 aromatic rings. The Morgan fingerprint density at radius 1 is 1.32 bits per heavy atom. The first-order chi connectivity index (χ1) is 14.6. The van der Waals surface area contributed by atoms with Gasteiger partial charge in [-0.05, 0) is 37.0 Å². The highest BCUT2D eigenvalue weighted by atomic mass is 35.5. The molecule has 31 heavy (non-hydrogen) atoms. The fourth-order valence-corrected chi connectivity index (χ4v) is 3.23. The summed E-state index contributed by atoms with van der Waals surface area (Å²) < 4.78 is 46.0. The van der Waals surface area contributed by atoms with E-state index in [4.69, 9.17) is 16.0 Å². The number of nitrogens with one attached hydrogen (secondary N) is 1. The molecule has 0 aliphatic heterocycles. The molecule has 1 heterocycles. The number of aliphatic hydroxyl groups excluding tert-OH is 1. The van der Waals surface area contributed by atoms with Crippen LogP contribution in [0.2, 0.25) is 5.02 Å². The van der Waals surface area contributed by atoms with E-state index in [1.807, 2.05) is 0 Å². The van der Waals surface area contributed by atoms with Crippen molar-refractivity contribution in [2.24, 2.45) is 0 Å². The lowest BCUT2D eigenvalue weighted by Gasteiger charge is -2.32. The minimum Gasteiger partial charge on any atom is -0.421 e. The van der Waals surface area contributed by atoms with Gasteiger partial charge >= 0.3 is 6.36 Å². The average Bonchev–Trinajstić information content (AvgIpc) is 3.13. The Morgan fingerprint density at radius 2 is 2.00 bits per heavy atom. The topological polar surface area (TPSA) is 97.5 Å². The van der Waals surface area contributed by atoms with E-state index in [2.05, 4.69) is 26.8 Å². The van der Waals surface area contributed by atoms with Crippen molar-refractivity contribution in [3.05, 3.63) is 53.2 Å². The van der Waals surface area contributed by atoms with Gasteiger partial charge in [0.05, 0.1) is 18.6 Å². The van der Waals surface area contributed by atoms with Gasteiger partial charge in [0.2, 0.25) is 17.7 Å². The number of carbonyl (C=O) groups is 1. The van der Waals surface area contributed by atoms with Gasteiger partial charge in [0.15, 0.2) is 0 Å². The van der Waals surface area contributed by atoms with Crippen molar-refractivity contribution in [1.29, 1.82) is 0 Å². The van der Waals surface area contributed by atoms with Crippen LogP contribution in [0, 0.1) is 0 Å². The Bertz CT molecular complexity index is 911. The third kappa shape index (κ3) is 6.78. The molecular weight excluding hydrogens is 439 g/mol. The predicted octanol–water partition coefficient (Wildman–Crippen LogP) is 4.15. The van der Waals surface area contributed by atoms with Crippen molar-refractivity contribution in [2.45, 2.75) is 50.2 Å². The number of benzene rings is 1. The molecule has 1 aliphatic carbocycles. The van der Waals surface area contributed by atoms with Gasteiger partial charge in [-0.2, -0.15) is 0 Å². The Balaban J connectivity index is 1.38. The molecule has 7 nitrogen and oxygen atoms in total. The smallest absolute Gasteiger partial charge is 0.421 e. The minimum absolute atomic E-state index is 0.109. The summed E-state index contributed by atoms with van der Waals surface area (Å²) in [5.74, 6) is -0.207. The highest BCUT2D eigenvalue weighted by Gasteiger charge is 2.42. The molecule has 1 atom stereocenters. The average molecular weight is 460 g/mol. The predicted molar refractivity (Wildman–Crippen MR) is 105 cm³/mol. The second-order valence-corrected chi connectivity index (χ2v) is 7.71. The number of carbonyl (C=O) groups excluding carboxylic acids is 1. The summed E-state index contributed by atoms with van der Waals surface area (Å²) in [4.78, 5) is 12.0. The van der Waals surface area contributed by atoms with Crippen LogP contribution >= 0.6 is 11.6 Å². The van der Waals surface area contributed by atoms with E-state index in [0.717, 1.165) is 0 Å². The molecule has 1 aromatic carbocycles.